The highest BCUT2D eigenvalue weighted by atomic mass is 16.6. The standard InChI is InChI=1S/C21H39NO3/c1-3-4-5-6-7-8-9-10-11-12-13-14-15-16-17-18-20-22-21(23,24)19(2)25-20/h17-19,23-24H,3-16H2,1-2H3. The minimum absolute atomic E-state index is 0.312. The van der Waals surface area contributed by atoms with Crippen molar-refractivity contribution in [1.29, 1.82) is 0 Å². The van der Waals surface area contributed by atoms with Crippen LogP contribution < -0.4 is 0 Å². The lowest BCUT2D eigenvalue weighted by atomic mass is 10.0. The summed E-state index contributed by atoms with van der Waals surface area (Å²) in [6.45, 7) is 3.86. The van der Waals surface area contributed by atoms with E-state index in [1.165, 1.54) is 83.5 Å². The normalized spacial score (nSPS) is 19.4. The Kier molecular flexibility index (Phi) is 11.8. The Hall–Kier alpha value is -0.870. The van der Waals surface area contributed by atoms with E-state index in [0.717, 1.165) is 6.42 Å². The molecule has 4 nitrogen and oxygen atoms in total. The molecule has 0 saturated heterocycles. The first-order valence-electron chi connectivity index (χ1n) is 10.4. The summed E-state index contributed by atoms with van der Waals surface area (Å²) in [5, 5.41) is 18.9. The molecule has 0 aromatic carbocycles. The smallest absolute Gasteiger partial charge is 0.306 e. The van der Waals surface area contributed by atoms with Gasteiger partial charge in [0.1, 0.15) is 0 Å². The molecule has 0 bridgehead atoms. The zero-order valence-corrected chi connectivity index (χ0v) is 16.4. The van der Waals surface area contributed by atoms with Gasteiger partial charge in [-0.25, -0.2) is 0 Å². The fourth-order valence-corrected chi connectivity index (χ4v) is 3.08. The van der Waals surface area contributed by atoms with E-state index in [4.69, 9.17) is 4.74 Å². The van der Waals surface area contributed by atoms with Crippen molar-refractivity contribution in [2.24, 2.45) is 4.99 Å². The van der Waals surface area contributed by atoms with Crippen molar-refractivity contribution >= 4 is 5.90 Å². The lowest BCUT2D eigenvalue weighted by Gasteiger charge is -2.14. The summed E-state index contributed by atoms with van der Waals surface area (Å²) in [7, 11) is 0. The SMILES string of the molecule is CCCCCCCCCCCCCCCC=CC1=NC(O)(O)C(C)O1. The fourth-order valence-electron chi connectivity index (χ4n) is 3.08. The van der Waals surface area contributed by atoms with Crippen molar-refractivity contribution in [3.63, 3.8) is 0 Å². The van der Waals surface area contributed by atoms with Crippen LogP contribution in [0.5, 0.6) is 0 Å². The molecule has 0 spiro atoms. The van der Waals surface area contributed by atoms with Crippen molar-refractivity contribution in [3.05, 3.63) is 12.2 Å². The van der Waals surface area contributed by atoms with E-state index in [1.54, 1.807) is 13.0 Å². The number of hydrogen-bond donors (Lipinski definition) is 2. The third kappa shape index (κ3) is 10.7. The average molecular weight is 354 g/mol. The average Bonchev–Trinajstić information content (AvgIpc) is 2.83. The van der Waals surface area contributed by atoms with Gasteiger partial charge in [0, 0.05) is 0 Å². The third-order valence-corrected chi connectivity index (χ3v) is 4.85. The first-order valence-corrected chi connectivity index (χ1v) is 10.4. The highest BCUT2D eigenvalue weighted by Gasteiger charge is 2.38. The summed E-state index contributed by atoms with van der Waals surface area (Å²) in [5.41, 5.74) is 0. The summed E-state index contributed by atoms with van der Waals surface area (Å²) >= 11 is 0. The molecule has 2 N–H and O–H groups in total. The molecule has 0 aromatic rings. The van der Waals surface area contributed by atoms with Crippen LogP contribution in [0.15, 0.2) is 17.1 Å². The predicted molar refractivity (Wildman–Crippen MR) is 105 cm³/mol. The molecule has 146 valence electrons. The van der Waals surface area contributed by atoms with E-state index in [-0.39, 0.29) is 0 Å². The molecule has 1 heterocycles. The van der Waals surface area contributed by atoms with Crippen molar-refractivity contribution in [1.82, 2.24) is 0 Å². The van der Waals surface area contributed by atoms with E-state index in [0.29, 0.717) is 5.90 Å². The monoisotopic (exact) mass is 353 g/mol. The van der Waals surface area contributed by atoms with Gasteiger partial charge in [-0.05, 0) is 25.8 Å². The van der Waals surface area contributed by atoms with Crippen LogP contribution in [-0.2, 0) is 4.74 Å². The summed E-state index contributed by atoms with van der Waals surface area (Å²) in [5.74, 6) is -1.76. The van der Waals surface area contributed by atoms with Crippen LogP contribution in [-0.4, -0.2) is 28.1 Å². The Labute approximate surface area is 154 Å². The van der Waals surface area contributed by atoms with Crippen LogP contribution in [0.2, 0.25) is 0 Å². The van der Waals surface area contributed by atoms with Gasteiger partial charge in [0.15, 0.2) is 6.10 Å². The topological polar surface area (TPSA) is 62.1 Å². The number of nitrogens with zero attached hydrogens (tertiary/aromatic N) is 1. The molecule has 1 aliphatic heterocycles. The van der Waals surface area contributed by atoms with Gasteiger partial charge in [-0.1, -0.05) is 90.0 Å². The third-order valence-electron chi connectivity index (χ3n) is 4.85. The molecule has 0 radical (unpaired) electrons. The molecule has 1 rings (SSSR count). The van der Waals surface area contributed by atoms with Crippen LogP contribution in [0.25, 0.3) is 0 Å². The molecule has 1 unspecified atom stereocenters. The summed E-state index contributed by atoms with van der Waals surface area (Å²) in [4.78, 5) is 3.72. The van der Waals surface area contributed by atoms with Crippen LogP contribution in [0.3, 0.4) is 0 Å². The fraction of sp³-hybridized carbons (Fsp3) is 0.857. The highest BCUT2D eigenvalue weighted by molar-refractivity contribution is 5.89. The number of allylic oxidation sites excluding steroid dienone is 1. The summed E-state index contributed by atoms with van der Waals surface area (Å²) in [6, 6.07) is 0. The predicted octanol–water partition coefficient (Wildman–Crippen LogP) is 5.48. The zero-order valence-electron chi connectivity index (χ0n) is 16.4. The van der Waals surface area contributed by atoms with Gasteiger partial charge in [-0.3, -0.25) is 0 Å². The highest BCUT2D eigenvalue weighted by Crippen LogP contribution is 2.20. The maximum atomic E-state index is 9.47. The lowest BCUT2D eigenvalue weighted by Crippen LogP contribution is -2.34. The first-order chi connectivity index (χ1) is 12.1. The molecule has 0 amide bonds. The number of aliphatic hydroxyl groups is 2. The largest absolute Gasteiger partial charge is 0.467 e. The Morgan fingerprint density at radius 3 is 1.80 bits per heavy atom. The Morgan fingerprint density at radius 1 is 0.880 bits per heavy atom. The number of rotatable bonds is 15. The molecule has 25 heavy (non-hydrogen) atoms. The van der Waals surface area contributed by atoms with Gasteiger partial charge in [0.25, 0.3) is 0 Å². The van der Waals surface area contributed by atoms with Crippen LogP contribution >= 0.6 is 0 Å². The number of hydrogen-bond acceptors (Lipinski definition) is 4. The van der Waals surface area contributed by atoms with E-state index in [1.807, 2.05) is 6.08 Å². The quantitative estimate of drug-likeness (QED) is 0.303. The van der Waals surface area contributed by atoms with Gasteiger partial charge in [0.2, 0.25) is 5.90 Å². The molecule has 1 aliphatic rings. The Morgan fingerprint density at radius 2 is 1.36 bits per heavy atom. The second-order valence-electron chi connectivity index (χ2n) is 7.33. The lowest BCUT2D eigenvalue weighted by molar-refractivity contribution is -0.191. The minimum Gasteiger partial charge on any atom is -0.467 e. The van der Waals surface area contributed by atoms with Crippen molar-refractivity contribution in [3.8, 4) is 0 Å². The molecular formula is C21H39NO3. The molecule has 0 aliphatic carbocycles. The number of aliphatic imine (C=N–C) groups is 1. The molecule has 1 atom stereocenters. The number of ether oxygens (including phenoxy) is 1. The maximum Gasteiger partial charge on any atom is 0.306 e. The summed E-state index contributed by atoms with van der Waals surface area (Å²) in [6.07, 6.45) is 21.7. The second kappa shape index (κ2) is 13.3. The molecular weight excluding hydrogens is 314 g/mol. The Bertz CT molecular complexity index is 391. The van der Waals surface area contributed by atoms with E-state index in [2.05, 4.69) is 11.9 Å². The van der Waals surface area contributed by atoms with E-state index < -0.39 is 12.0 Å². The van der Waals surface area contributed by atoms with Crippen LogP contribution in [0, 0.1) is 0 Å². The van der Waals surface area contributed by atoms with Crippen molar-refractivity contribution in [2.75, 3.05) is 0 Å². The molecule has 0 aromatic heterocycles. The van der Waals surface area contributed by atoms with Gasteiger partial charge in [-0.15, -0.1) is 0 Å². The van der Waals surface area contributed by atoms with Gasteiger partial charge in [-0.2, -0.15) is 4.99 Å². The van der Waals surface area contributed by atoms with Gasteiger partial charge >= 0.3 is 5.91 Å². The Balaban J connectivity index is 1.84. The van der Waals surface area contributed by atoms with Crippen LogP contribution in [0.1, 0.15) is 104 Å². The second-order valence-corrected chi connectivity index (χ2v) is 7.33. The molecule has 0 saturated carbocycles. The first kappa shape index (κ1) is 22.2. The zero-order chi connectivity index (χ0) is 18.4. The summed E-state index contributed by atoms with van der Waals surface area (Å²) < 4.78 is 5.26. The van der Waals surface area contributed by atoms with Gasteiger partial charge in [0.05, 0.1) is 0 Å². The molecule has 4 heteroatoms. The van der Waals surface area contributed by atoms with Crippen molar-refractivity contribution in [2.45, 2.75) is 116 Å². The van der Waals surface area contributed by atoms with E-state index >= 15 is 0 Å². The number of unbranched alkanes of at least 4 members (excludes halogenated alkanes) is 13. The van der Waals surface area contributed by atoms with Gasteiger partial charge < -0.3 is 14.9 Å². The van der Waals surface area contributed by atoms with Crippen molar-refractivity contribution < 1.29 is 14.9 Å². The molecule has 0 fully saturated rings. The minimum atomic E-state index is -2.07. The maximum absolute atomic E-state index is 9.47. The van der Waals surface area contributed by atoms with E-state index in [9.17, 15) is 10.2 Å². The van der Waals surface area contributed by atoms with Crippen LogP contribution in [0.4, 0.5) is 0 Å².